The van der Waals surface area contributed by atoms with Crippen LogP contribution in [-0.4, -0.2) is 48.2 Å². The van der Waals surface area contributed by atoms with E-state index in [4.69, 9.17) is 0 Å². The van der Waals surface area contributed by atoms with E-state index in [0.29, 0.717) is 0 Å². The molecule has 0 aliphatic carbocycles. The molecule has 16 heavy (non-hydrogen) atoms. The molecule has 0 unspecified atom stereocenters. The minimum absolute atomic E-state index is 0.805. The topological polar surface area (TPSA) is 40.0 Å². The van der Waals surface area contributed by atoms with Crippen molar-refractivity contribution < 1.29 is 0 Å². The fraction of sp³-hybridized carbons (Fsp3) is 0.818. The van der Waals surface area contributed by atoms with Crippen LogP contribution in [0, 0.1) is 0 Å². The van der Waals surface area contributed by atoms with Crippen LogP contribution >= 0.6 is 11.8 Å². The van der Waals surface area contributed by atoms with Gasteiger partial charge in [0.25, 0.3) is 0 Å². The van der Waals surface area contributed by atoms with Crippen molar-refractivity contribution in [3.63, 3.8) is 0 Å². The number of hydrogen-bond acceptors (Lipinski definition) is 5. The van der Waals surface area contributed by atoms with Crippen LogP contribution < -0.4 is 5.32 Å². The van der Waals surface area contributed by atoms with Gasteiger partial charge in [0.1, 0.15) is 0 Å². The van der Waals surface area contributed by atoms with E-state index in [2.05, 4.69) is 34.3 Å². The van der Waals surface area contributed by atoms with E-state index >= 15 is 0 Å². The van der Waals surface area contributed by atoms with Gasteiger partial charge >= 0.3 is 0 Å². The van der Waals surface area contributed by atoms with E-state index in [0.717, 1.165) is 24.0 Å². The number of nitrogens with zero attached hydrogens (tertiary/aromatic N) is 3. The van der Waals surface area contributed by atoms with Gasteiger partial charge in [-0.1, -0.05) is 25.6 Å². The normalized spacial score (nSPS) is 15.1. The van der Waals surface area contributed by atoms with Gasteiger partial charge in [-0.25, -0.2) is 0 Å². The highest BCUT2D eigenvalue weighted by atomic mass is 32.2. The molecule has 0 saturated carbocycles. The van der Waals surface area contributed by atoms with Crippen LogP contribution in [0.3, 0.4) is 0 Å². The van der Waals surface area contributed by atoms with E-state index in [1.165, 1.54) is 25.9 Å². The minimum Gasteiger partial charge on any atom is -0.358 e. The lowest BCUT2D eigenvalue weighted by atomic mass is 10.3. The van der Waals surface area contributed by atoms with Crippen molar-refractivity contribution in [2.24, 2.45) is 10.2 Å². The standard InChI is InChI=1S/C11H22N4S/c1-3-7-15(8-4-2)9-10-16-11-12-5-6-13-14-11/h6H,3-5,7-10H2,1-2H3,(H,12,14). The fourth-order valence-corrected chi connectivity index (χ4v) is 2.45. The average molecular weight is 242 g/mol. The van der Waals surface area contributed by atoms with Gasteiger partial charge in [0, 0.05) is 18.5 Å². The van der Waals surface area contributed by atoms with Gasteiger partial charge in [0.05, 0.1) is 6.54 Å². The van der Waals surface area contributed by atoms with Gasteiger partial charge in [-0.2, -0.15) is 5.10 Å². The molecular weight excluding hydrogens is 220 g/mol. The Kier molecular flexibility index (Phi) is 7.25. The molecule has 0 spiro atoms. The van der Waals surface area contributed by atoms with Crippen LogP contribution in [0.1, 0.15) is 26.7 Å². The summed E-state index contributed by atoms with van der Waals surface area (Å²) >= 11 is 1.76. The lowest BCUT2D eigenvalue weighted by molar-refractivity contribution is 0.292. The molecule has 0 aromatic heterocycles. The second-order valence-corrected chi connectivity index (χ2v) is 4.86. The molecular formula is C11H22N4S. The summed E-state index contributed by atoms with van der Waals surface area (Å²) in [6.45, 7) is 8.81. The van der Waals surface area contributed by atoms with Crippen molar-refractivity contribution in [1.82, 2.24) is 10.2 Å². The molecule has 1 rings (SSSR count). The second kappa shape index (κ2) is 8.58. The van der Waals surface area contributed by atoms with Crippen LogP contribution in [-0.2, 0) is 0 Å². The molecule has 92 valence electrons. The van der Waals surface area contributed by atoms with Gasteiger partial charge < -0.3 is 10.2 Å². The highest BCUT2D eigenvalue weighted by Gasteiger charge is 2.05. The fourth-order valence-electron chi connectivity index (χ4n) is 1.62. The minimum atomic E-state index is 0.805. The first-order valence-corrected chi connectivity index (χ1v) is 7.03. The van der Waals surface area contributed by atoms with Crippen LogP contribution in [0.5, 0.6) is 0 Å². The number of amidine groups is 1. The largest absolute Gasteiger partial charge is 0.358 e. The van der Waals surface area contributed by atoms with E-state index in [1.807, 2.05) is 0 Å². The zero-order valence-electron chi connectivity index (χ0n) is 10.3. The summed E-state index contributed by atoms with van der Waals surface area (Å²) < 4.78 is 0. The SMILES string of the molecule is CCCN(CCC)CCSC1=NN=CCN1. The van der Waals surface area contributed by atoms with E-state index in [1.54, 1.807) is 18.0 Å². The Hall–Kier alpha value is -0.550. The Labute approximate surface area is 103 Å². The summed E-state index contributed by atoms with van der Waals surface area (Å²) in [5, 5.41) is 12.1. The highest BCUT2D eigenvalue weighted by molar-refractivity contribution is 8.13. The highest BCUT2D eigenvalue weighted by Crippen LogP contribution is 2.05. The summed E-state index contributed by atoms with van der Waals surface area (Å²) in [5.74, 6) is 1.08. The average Bonchev–Trinajstić information content (AvgIpc) is 2.31. The molecule has 1 N–H and O–H groups in total. The van der Waals surface area contributed by atoms with Crippen molar-refractivity contribution in [2.45, 2.75) is 26.7 Å². The molecule has 0 bridgehead atoms. The van der Waals surface area contributed by atoms with Gasteiger partial charge in [-0.3, -0.25) is 0 Å². The molecule has 5 heteroatoms. The summed E-state index contributed by atoms with van der Waals surface area (Å²) in [6, 6.07) is 0. The van der Waals surface area contributed by atoms with Gasteiger partial charge in [-0.05, 0) is 25.9 Å². The molecule has 1 aliphatic heterocycles. The lowest BCUT2D eigenvalue weighted by Gasteiger charge is -2.20. The maximum Gasteiger partial charge on any atom is 0.183 e. The predicted octanol–water partition coefficient (Wildman–Crippen LogP) is 1.79. The molecule has 0 fully saturated rings. The third-order valence-electron chi connectivity index (χ3n) is 2.30. The van der Waals surface area contributed by atoms with Crippen LogP contribution in [0.15, 0.2) is 10.2 Å². The maximum atomic E-state index is 4.04. The summed E-state index contributed by atoms with van der Waals surface area (Å²) in [5.41, 5.74) is 0. The maximum absolute atomic E-state index is 4.04. The number of hydrogen-bond donors (Lipinski definition) is 1. The molecule has 0 aromatic rings. The van der Waals surface area contributed by atoms with Gasteiger partial charge in [0.15, 0.2) is 5.17 Å². The number of thioether (sulfide) groups is 1. The molecule has 0 atom stereocenters. The first-order chi connectivity index (χ1) is 7.86. The molecule has 0 saturated heterocycles. The third-order valence-corrected chi connectivity index (χ3v) is 3.19. The molecule has 4 nitrogen and oxygen atoms in total. The van der Waals surface area contributed by atoms with E-state index < -0.39 is 0 Å². The monoisotopic (exact) mass is 242 g/mol. The first kappa shape index (κ1) is 13.5. The van der Waals surface area contributed by atoms with Crippen molar-refractivity contribution in [3.05, 3.63) is 0 Å². The van der Waals surface area contributed by atoms with E-state index in [9.17, 15) is 0 Å². The smallest absolute Gasteiger partial charge is 0.183 e. The Morgan fingerprint density at radius 2 is 2.06 bits per heavy atom. The quantitative estimate of drug-likeness (QED) is 0.740. The molecule has 0 amide bonds. The van der Waals surface area contributed by atoms with E-state index in [-0.39, 0.29) is 0 Å². The number of nitrogens with one attached hydrogen (secondary N) is 1. The Balaban J connectivity index is 2.16. The summed E-state index contributed by atoms with van der Waals surface area (Å²) in [6.07, 6.45) is 4.24. The predicted molar refractivity (Wildman–Crippen MR) is 73.4 cm³/mol. The zero-order chi connectivity index (χ0) is 11.6. The lowest BCUT2D eigenvalue weighted by Crippen LogP contribution is -2.30. The van der Waals surface area contributed by atoms with Crippen LogP contribution in [0.2, 0.25) is 0 Å². The van der Waals surface area contributed by atoms with Crippen LogP contribution in [0.25, 0.3) is 0 Å². The van der Waals surface area contributed by atoms with Crippen molar-refractivity contribution in [1.29, 1.82) is 0 Å². The summed E-state index contributed by atoms with van der Waals surface area (Å²) in [4.78, 5) is 2.51. The summed E-state index contributed by atoms with van der Waals surface area (Å²) in [7, 11) is 0. The zero-order valence-corrected chi connectivity index (χ0v) is 11.1. The van der Waals surface area contributed by atoms with Crippen molar-refractivity contribution in [3.8, 4) is 0 Å². The number of rotatable bonds is 7. The molecule has 1 aliphatic rings. The Bertz CT molecular complexity index is 234. The third kappa shape index (κ3) is 5.51. The first-order valence-electron chi connectivity index (χ1n) is 6.05. The van der Waals surface area contributed by atoms with Crippen molar-refractivity contribution >= 4 is 23.1 Å². The van der Waals surface area contributed by atoms with Gasteiger partial charge in [0.2, 0.25) is 0 Å². The van der Waals surface area contributed by atoms with Crippen molar-refractivity contribution in [2.75, 3.05) is 31.9 Å². The molecule has 1 heterocycles. The molecule has 0 radical (unpaired) electrons. The second-order valence-electron chi connectivity index (χ2n) is 3.77. The molecule has 0 aromatic carbocycles. The Morgan fingerprint density at radius 1 is 1.31 bits per heavy atom. The van der Waals surface area contributed by atoms with Gasteiger partial charge in [-0.15, -0.1) is 5.10 Å². The van der Waals surface area contributed by atoms with Crippen LogP contribution in [0.4, 0.5) is 0 Å². The Morgan fingerprint density at radius 3 is 2.62 bits per heavy atom.